The van der Waals surface area contributed by atoms with Gasteiger partial charge in [-0.15, -0.1) is 0 Å². The van der Waals surface area contributed by atoms with Crippen molar-refractivity contribution in [3.05, 3.63) is 88.4 Å². The first-order chi connectivity index (χ1) is 14.1. The lowest BCUT2D eigenvalue weighted by Crippen LogP contribution is -2.17. The molecule has 0 radical (unpaired) electrons. The molecule has 3 aromatic carbocycles. The van der Waals surface area contributed by atoms with Crippen molar-refractivity contribution in [1.29, 1.82) is 0 Å². The summed E-state index contributed by atoms with van der Waals surface area (Å²) in [5.41, 5.74) is 4.37. The average molecular weight is 411 g/mol. The predicted molar refractivity (Wildman–Crippen MR) is 112 cm³/mol. The van der Waals surface area contributed by atoms with E-state index in [0.29, 0.717) is 34.3 Å². The highest BCUT2D eigenvalue weighted by Gasteiger charge is 2.10. The van der Waals surface area contributed by atoms with Crippen LogP contribution in [0.3, 0.4) is 0 Å². The molecular weight excluding hydrogens is 392 g/mol. The molecular formula is C22H19ClN2O4. The number of carbonyl (C=O) groups is 1. The average Bonchev–Trinajstić information content (AvgIpc) is 2.73. The van der Waals surface area contributed by atoms with Crippen LogP contribution in [-0.4, -0.2) is 24.3 Å². The number of ether oxygens (including phenoxy) is 2. The van der Waals surface area contributed by atoms with Crippen molar-refractivity contribution < 1.29 is 19.4 Å². The zero-order valence-corrected chi connectivity index (χ0v) is 16.4. The number of phenols is 1. The summed E-state index contributed by atoms with van der Waals surface area (Å²) in [4.78, 5) is 12.1. The van der Waals surface area contributed by atoms with Crippen molar-refractivity contribution in [3.63, 3.8) is 0 Å². The number of para-hydroxylation sites is 1. The van der Waals surface area contributed by atoms with E-state index in [0.717, 1.165) is 5.56 Å². The molecule has 0 bridgehead atoms. The topological polar surface area (TPSA) is 80.2 Å². The van der Waals surface area contributed by atoms with Gasteiger partial charge in [0.1, 0.15) is 12.4 Å². The number of aromatic hydroxyl groups is 1. The van der Waals surface area contributed by atoms with Crippen LogP contribution in [0.2, 0.25) is 5.02 Å². The lowest BCUT2D eigenvalue weighted by Gasteiger charge is -2.13. The van der Waals surface area contributed by atoms with E-state index < -0.39 is 5.91 Å². The second-order valence-electron chi connectivity index (χ2n) is 6.04. The van der Waals surface area contributed by atoms with Gasteiger partial charge in [0, 0.05) is 16.1 Å². The number of nitrogens with one attached hydrogen (secondary N) is 1. The van der Waals surface area contributed by atoms with Crippen LogP contribution in [0.5, 0.6) is 17.2 Å². The summed E-state index contributed by atoms with van der Waals surface area (Å²) in [5, 5.41) is 13.9. The normalized spacial score (nSPS) is 10.7. The molecule has 3 rings (SSSR count). The Kier molecular flexibility index (Phi) is 6.71. The molecule has 1 amide bonds. The van der Waals surface area contributed by atoms with Gasteiger partial charge in [0.05, 0.1) is 13.3 Å². The fraction of sp³-hybridized carbons (Fsp3) is 0.0909. The van der Waals surface area contributed by atoms with E-state index in [9.17, 15) is 9.90 Å². The third-order valence-corrected chi connectivity index (χ3v) is 4.24. The van der Waals surface area contributed by atoms with Crippen LogP contribution in [0.15, 0.2) is 71.8 Å². The number of nitrogens with zero attached hydrogens (tertiary/aromatic N) is 1. The Morgan fingerprint density at radius 1 is 1.14 bits per heavy atom. The second kappa shape index (κ2) is 9.61. The van der Waals surface area contributed by atoms with Gasteiger partial charge in [-0.05, 0) is 54.1 Å². The van der Waals surface area contributed by atoms with Gasteiger partial charge in [-0.3, -0.25) is 4.79 Å². The molecule has 0 atom stereocenters. The zero-order valence-electron chi connectivity index (χ0n) is 15.6. The summed E-state index contributed by atoms with van der Waals surface area (Å²) in [6.45, 7) is 0.293. The first-order valence-electron chi connectivity index (χ1n) is 8.73. The van der Waals surface area contributed by atoms with Gasteiger partial charge in [0.2, 0.25) is 0 Å². The number of hydrogen-bond donors (Lipinski definition) is 2. The van der Waals surface area contributed by atoms with Crippen LogP contribution in [0.4, 0.5) is 0 Å². The van der Waals surface area contributed by atoms with E-state index in [2.05, 4.69) is 10.5 Å². The van der Waals surface area contributed by atoms with Gasteiger partial charge in [-0.2, -0.15) is 5.10 Å². The first kappa shape index (κ1) is 20.2. The Hall–Kier alpha value is -3.51. The number of hydrogen-bond acceptors (Lipinski definition) is 5. The maximum Gasteiger partial charge on any atom is 0.271 e. The van der Waals surface area contributed by atoms with Crippen molar-refractivity contribution in [3.8, 4) is 17.2 Å². The monoisotopic (exact) mass is 410 g/mol. The largest absolute Gasteiger partial charge is 0.508 e. The fourth-order valence-electron chi connectivity index (χ4n) is 2.57. The molecule has 0 fully saturated rings. The number of hydrazone groups is 1. The molecule has 0 spiro atoms. The Labute approximate surface area is 173 Å². The molecule has 0 saturated carbocycles. The molecule has 2 N–H and O–H groups in total. The molecule has 29 heavy (non-hydrogen) atoms. The Morgan fingerprint density at radius 2 is 1.90 bits per heavy atom. The minimum absolute atomic E-state index is 0.0860. The van der Waals surface area contributed by atoms with Gasteiger partial charge in [-0.1, -0.05) is 29.8 Å². The van der Waals surface area contributed by atoms with Gasteiger partial charge in [-0.25, -0.2) is 5.43 Å². The van der Waals surface area contributed by atoms with Crippen LogP contribution in [0.1, 0.15) is 21.5 Å². The smallest absolute Gasteiger partial charge is 0.271 e. The van der Waals surface area contributed by atoms with E-state index in [1.54, 1.807) is 31.4 Å². The van der Waals surface area contributed by atoms with Crippen LogP contribution in [0.25, 0.3) is 0 Å². The van der Waals surface area contributed by atoms with E-state index in [4.69, 9.17) is 21.1 Å². The molecule has 148 valence electrons. The molecule has 7 heteroatoms. The summed E-state index contributed by atoms with van der Waals surface area (Å²) in [6, 6.07) is 18.6. The van der Waals surface area contributed by atoms with Crippen molar-refractivity contribution in [2.24, 2.45) is 5.10 Å². The molecule has 0 aliphatic heterocycles. The number of halogens is 1. The predicted octanol–water partition coefficient (Wildman–Crippen LogP) is 4.40. The van der Waals surface area contributed by atoms with Crippen molar-refractivity contribution in [1.82, 2.24) is 5.43 Å². The maximum absolute atomic E-state index is 12.1. The summed E-state index contributed by atoms with van der Waals surface area (Å²) < 4.78 is 11.3. The number of benzene rings is 3. The zero-order chi connectivity index (χ0) is 20.6. The van der Waals surface area contributed by atoms with Crippen LogP contribution >= 0.6 is 11.6 Å². The van der Waals surface area contributed by atoms with Crippen molar-refractivity contribution in [2.45, 2.75) is 6.61 Å². The minimum atomic E-state index is -0.398. The summed E-state index contributed by atoms with van der Waals surface area (Å²) in [7, 11) is 1.55. The van der Waals surface area contributed by atoms with Gasteiger partial charge < -0.3 is 14.6 Å². The third kappa shape index (κ3) is 5.49. The summed E-state index contributed by atoms with van der Waals surface area (Å²) >= 11 is 6.02. The Balaban J connectivity index is 1.73. The van der Waals surface area contributed by atoms with E-state index in [1.807, 2.05) is 18.2 Å². The molecule has 0 aliphatic rings. The number of rotatable bonds is 7. The highest BCUT2D eigenvalue weighted by molar-refractivity contribution is 6.30. The molecule has 0 unspecified atom stereocenters. The van der Waals surface area contributed by atoms with E-state index in [1.165, 1.54) is 30.5 Å². The summed E-state index contributed by atoms with van der Waals surface area (Å²) in [6.07, 6.45) is 1.48. The number of amides is 1. The highest BCUT2D eigenvalue weighted by atomic mass is 35.5. The molecule has 0 saturated heterocycles. The lowest BCUT2D eigenvalue weighted by atomic mass is 10.2. The molecule has 0 aliphatic carbocycles. The molecule has 3 aromatic rings. The standard InChI is InChI=1S/C22H19ClN2O4/c1-28-20-7-3-5-17(21(20)29-14-15-4-2-6-18(23)12-15)13-24-25-22(27)16-8-10-19(26)11-9-16/h2-13,26H,14H2,1H3,(H,25,27)/b24-13+. The van der Waals surface area contributed by atoms with Crippen molar-refractivity contribution in [2.75, 3.05) is 7.11 Å². The SMILES string of the molecule is COc1cccc(/C=N/NC(=O)c2ccc(O)cc2)c1OCc1cccc(Cl)c1. The summed E-state index contributed by atoms with van der Waals surface area (Å²) in [5.74, 6) is 0.729. The first-order valence-corrected chi connectivity index (χ1v) is 9.11. The number of carbonyl (C=O) groups excluding carboxylic acids is 1. The quantitative estimate of drug-likeness (QED) is 0.447. The van der Waals surface area contributed by atoms with Gasteiger partial charge in [0.15, 0.2) is 11.5 Å². The van der Waals surface area contributed by atoms with Gasteiger partial charge in [0.25, 0.3) is 5.91 Å². The van der Waals surface area contributed by atoms with Crippen LogP contribution < -0.4 is 14.9 Å². The van der Waals surface area contributed by atoms with Crippen molar-refractivity contribution >= 4 is 23.7 Å². The lowest BCUT2D eigenvalue weighted by molar-refractivity contribution is 0.0955. The second-order valence-corrected chi connectivity index (χ2v) is 6.48. The fourth-order valence-corrected chi connectivity index (χ4v) is 2.78. The van der Waals surface area contributed by atoms with Crippen LogP contribution in [-0.2, 0) is 6.61 Å². The number of methoxy groups -OCH3 is 1. The van der Waals surface area contributed by atoms with Gasteiger partial charge >= 0.3 is 0 Å². The van der Waals surface area contributed by atoms with E-state index >= 15 is 0 Å². The number of phenolic OH excluding ortho intramolecular Hbond substituents is 1. The highest BCUT2D eigenvalue weighted by Crippen LogP contribution is 2.31. The Bertz CT molecular complexity index is 1020. The molecule has 6 nitrogen and oxygen atoms in total. The Morgan fingerprint density at radius 3 is 2.62 bits per heavy atom. The minimum Gasteiger partial charge on any atom is -0.508 e. The molecule has 0 aromatic heterocycles. The van der Waals surface area contributed by atoms with Crippen LogP contribution in [0, 0.1) is 0 Å². The third-order valence-electron chi connectivity index (χ3n) is 4.00. The van der Waals surface area contributed by atoms with E-state index in [-0.39, 0.29) is 5.75 Å². The molecule has 0 heterocycles. The maximum atomic E-state index is 12.1.